The van der Waals surface area contributed by atoms with Gasteiger partial charge in [0.1, 0.15) is 0 Å². The van der Waals surface area contributed by atoms with Crippen molar-refractivity contribution in [3.63, 3.8) is 0 Å². The molecule has 0 fully saturated rings. The minimum Gasteiger partial charge on any atom is -0.412 e. The maximum atomic E-state index is 12.3. The van der Waals surface area contributed by atoms with E-state index in [1.54, 1.807) is 37.4 Å². The average molecular weight is 401 g/mol. The van der Waals surface area contributed by atoms with Crippen molar-refractivity contribution in [2.75, 3.05) is 14.1 Å². The lowest BCUT2D eigenvalue weighted by molar-refractivity contribution is 0.0904. The summed E-state index contributed by atoms with van der Waals surface area (Å²) < 4.78 is 30.8. The molecule has 0 aliphatic rings. The molecule has 10 heteroatoms. The zero-order chi connectivity index (χ0) is 20.3. The number of amides is 1. The lowest BCUT2D eigenvalue weighted by Crippen LogP contribution is -2.27. The van der Waals surface area contributed by atoms with Gasteiger partial charge in [0.25, 0.3) is 0 Å². The number of hydrogen-bond acceptors (Lipinski definition) is 7. The second kappa shape index (κ2) is 7.87. The van der Waals surface area contributed by atoms with E-state index in [1.165, 1.54) is 26.2 Å². The van der Waals surface area contributed by atoms with Crippen molar-refractivity contribution in [2.24, 2.45) is 0 Å². The maximum absolute atomic E-state index is 12.3. The Labute approximate surface area is 162 Å². The summed E-state index contributed by atoms with van der Waals surface area (Å²) in [5.41, 5.74) is 1.20. The minimum absolute atomic E-state index is 0.115. The molecule has 0 unspecified atom stereocenters. The third kappa shape index (κ3) is 4.07. The van der Waals surface area contributed by atoms with Crippen LogP contribution in [0.5, 0.6) is 0 Å². The van der Waals surface area contributed by atoms with Crippen LogP contribution in [0.3, 0.4) is 0 Å². The van der Waals surface area contributed by atoms with Gasteiger partial charge >= 0.3 is 11.8 Å². The standard InChI is InChI=1S/C18H19N5O4S/c1-12(15-6-4-5-11-19-15)20-16(24)18-22-21-17(27-18)13-7-9-14(10-8-13)28(25,26)23(2)3/h4-12H,1-3H3,(H,20,24)/t12-/m0/s1. The predicted octanol–water partition coefficient (Wildman–Crippen LogP) is 1.87. The van der Waals surface area contributed by atoms with E-state index in [-0.39, 0.29) is 22.7 Å². The maximum Gasteiger partial charge on any atom is 0.309 e. The second-order valence-electron chi connectivity index (χ2n) is 6.17. The molecule has 0 spiro atoms. The van der Waals surface area contributed by atoms with Gasteiger partial charge in [0.05, 0.1) is 16.6 Å². The van der Waals surface area contributed by atoms with Crippen LogP contribution in [-0.2, 0) is 10.0 Å². The molecule has 0 saturated carbocycles. The molecule has 1 N–H and O–H groups in total. The first kappa shape index (κ1) is 19.6. The molecule has 3 aromatic rings. The number of benzene rings is 1. The largest absolute Gasteiger partial charge is 0.412 e. The molecular formula is C18H19N5O4S. The van der Waals surface area contributed by atoms with Crippen molar-refractivity contribution in [3.8, 4) is 11.5 Å². The number of hydrogen-bond donors (Lipinski definition) is 1. The first-order chi connectivity index (χ1) is 13.3. The highest BCUT2D eigenvalue weighted by atomic mass is 32.2. The first-order valence-electron chi connectivity index (χ1n) is 8.37. The summed E-state index contributed by atoms with van der Waals surface area (Å²) in [5, 5.41) is 10.4. The topological polar surface area (TPSA) is 118 Å². The van der Waals surface area contributed by atoms with Crippen LogP contribution in [0.25, 0.3) is 11.5 Å². The molecule has 1 aromatic carbocycles. The van der Waals surface area contributed by atoms with E-state index in [4.69, 9.17) is 4.42 Å². The zero-order valence-electron chi connectivity index (χ0n) is 15.5. The molecule has 1 amide bonds. The summed E-state index contributed by atoms with van der Waals surface area (Å²) in [6.45, 7) is 1.79. The smallest absolute Gasteiger partial charge is 0.309 e. The molecule has 3 rings (SSSR count). The number of sulfonamides is 1. The van der Waals surface area contributed by atoms with Gasteiger partial charge in [0.15, 0.2) is 0 Å². The third-order valence-corrected chi connectivity index (χ3v) is 5.81. The van der Waals surface area contributed by atoms with E-state index < -0.39 is 15.9 Å². The molecule has 0 radical (unpaired) electrons. The van der Waals surface area contributed by atoms with Gasteiger partial charge in [0.2, 0.25) is 15.9 Å². The summed E-state index contributed by atoms with van der Waals surface area (Å²) in [6, 6.07) is 11.1. The highest BCUT2D eigenvalue weighted by Crippen LogP contribution is 2.21. The lowest BCUT2D eigenvalue weighted by atomic mass is 10.2. The Morgan fingerprint density at radius 3 is 2.43 bits per heavy atom. The van der Waals surface area contributed by atoms with E-state index in [9.17, 15) is 13.2 Å². The quantitative estimate of drug-likeness (QED) is 0.670. The van der Waals surface area contributed by atoms with E-state index >= 15 is 0 Å². The van der Waals surface area contributed by atoms with Gasteiger partial charge in [-0.15, -0.1) is 10.2 Å². The van der Waals surface area contributed by atoms with Gasteiger partial charge in [-0.05, 0) is 43.3 Å². The molecule has 28 heavy (non-hydrogen) atoms. The monoisotopic (exact) mass is 401 g/mol. The predicted molar refractivity (Wildman–Crippen MR) is 101 cm³/mol. The van der Waals surface area contributed by atoms with Crippen molar-refractivity contribution >= 4 is 15.9 Å². The summed E-state index contributed by atoms with van der Waals surface area (Å²) in [4.78, 5) is 16.6. The fraction of sp³-hybridized carbons (Fsp3) is 0.222. The number of rotatable bonds is 6. The second-order valence-corrected chi connectivity index (χ2v) is 8.33. The molecule has 9 nitrogen and oxygen atoms in total. The van der Waals surface area contributed by atoms with Crippen molar-refractivity contribution in [3.05, 3.63) is 60.2 Å². The van der Waals surface area contributed by atoms with Crippen LogP contribution < -0.4 is 5.32 Å². The van der Waals surface area contributed by atoms with Gasteiger partial charge in [0, 0.05) is 25.9 Å². The minimum atomic E-state index is -3.53. The van der Waals surface area contributed by atoms with Crippen LogP contribution in [0.4, 0.5) is 0 Å². The SMILES string of the molecule is C[C@H](NC(=O)c1nnc(-c2ccc(S(=O)(=O)N(C)C)cc2)o1)c1ccccn1. The Bertz CT molecular complexity index is 1060. The molecule has 146 valence electrons. The van der Waals surface area contributed by atoms with Crippen LogP contribution in [0.1, 0.15) is 29.3 Å². The van der Waals surface area contributed by atoms with Crippen LogP contribution in [-0.4, -0.2) is 47.9 Å². The fourth-order valence-corrected chi connectivity index (χ4v) is 3.28. The van der Waals surface area contributed by atoms with E-state index in [0.717, 1.165) is 4.31 Å². The Morgan fingerprint density at radius 2 is 1.82 bits per heavy atom. The summed E-state index contributed by atoms with van der Waals surface area (Å²) in [6.07, 6.45) is 1.64. The highest BCUT2D eigenvalue weighted by molar-refractivity contribution is 7.89. The van der Waals surface area contributed by atoms with Crippen LogP contribution in [0, 0.1) is 0 Å². The Balaban J connectivity index is 1.74. The average Bonchev–Trinajstić information content (AvgIpc) is 3.19. The molecule has 1 atom stereocenters. The molecule has 0 aliphatic heterocycles. The Morgan fingerprint density at radius 1 is 1.11 bits per heavy atom. The van der Waals surface area contributed by atoms with Crippen LogP contribution in [0.2, 0.25) is 0 Å². The van der Waals surface area contributed by atoms with Crippen LogP contribution in [0.15, 0.2) is 58.0 Å². The van der Waals surface area contributed by atoms with Crippen molar-refractivity contribution in [1.29, 1.82) is 0 Å². The lowest BCUT2D eigenvalue weighted by Gasteiger charge is -2.11. The molecular weight excluding hydrogens is 382 g/mol. The Kier molecular flexibility index (Phi) is 5.52. The van der Waals surface area contributed by atoms with Gasteiger partial charge < -0.3 is 9.73 Å². The number of nitrogens with one attached hydrogen (secondary N) is 1. The summed E-state index contributed by atoms with van der Waals surface area (Å²) in [5.74, 6) is -0.601. The van der Waals surface area contributed by atoms with E-state index in [2.05, 4.69) is 20.5 Å². The molecule has 0 bridgehead atoms. The van der Waals surface area contributed by atoms with E-state index in [0.29, 0.717) is 11.3 Å². The van der Waals surface area contributed by atoms with Crippen LogP contribution >= 0.6 is 0 Å². The molecule has 2 heterocycles. The number of aromatic nitrogens is 3. The fourth-order valence-electron chi connectivity index (χ4n) is 2.38. The van der Waals surface area contributed by atoms with Gasteiger partial charge in [-0.1, -0.05) is 6.07 Å². The summed E-state index contributed by atoms with van der Waals surface area (Å²) in [7, 11) is -0.614. The first-order valence-corrected chi connectivity index (χ1v) is 9.81. The van der Waals surface area contributed by atoms with Crippen molar-refractivity contribution in [2.45, 2.75) is 17.9 Å². The van der Waals surface area contributed by atoms with Gasteiger partial charge in [-0.25, -0.2) is 12.7 Å². The number of pyridine rings is 1. The zero-order valence-corrected chi connectivity index (χ0v) is 16.3. The molecule has 0 saturated heterocycles. The summed E-state index contributed by atoms with van der Waals surface area (Å²) >= 11 is 0. The molecule has 0 aliphatic carbocycles. The third-order valence-electron chi connectivity index (χ3n) is 3.98. The van der Waals surface area contributed by atoms with Gasteiger partial charge in [-0.3, -0.25) is 9.78 Å². The number of carbonyl (C=O) groups is 1. The molecule has 2 aromatic heterocycles. The number of carbonyl (C=O) groups excluding carboxylic acids is 1. The highest BCUT2D eigenvalue weighted by Gasteiger charge is 2.20. The van der Waals surface area contributed by atoms with Gasteiger partial charge in [-0.2, -0.15) is 0 Å². The van der Waals surface area contributed by atoms with Crippen molar-refractivity contribution in [1.82, 2.24) is 24.8 Å². The normalized spacial score (nSPS) is 12.7. The van der Waals surface area contributed by atoms with Crippen molar-refractivity contribution < 1.29 is 17.6 Å². The van der Waals surface area contributed by atoms with E-state index in [1.807, 2.05) is 6.07 Å². The Hall–Kier alpha value is -3.11. The number of nitrogens with zero attached hydrogens (tertiary/aromatic N) is 4.